The zero-order valence-corrected chi connectivity index (χ0v) is 18.3. The highest BCUT2D eigenvalue weighted by Gasteiger charge is 2.28. The zero-order chi connectivity index (χ0) is 22.0. The first kappa shape index (κ1) is 21.7. The second-order valence-corrected chi connectivity index (χ2v) is 8.28. The van der Waals surface area contributed by atoms with Gasteiger partial charge in [-0.25, -0.2) is 9.97 Å². The number of aryl methyl sites for hydroxylation is 2. The van der Waals surface area contributed by atoms with Crippen molar-refractivity contribution in [3.8, 4) is 0 Å². The largest absolute Gasteiger partial charge is 0.334 e. The standard InChI is InChI=1S/C22H29N5O3/c1-14(2)10-11-27-20(29)9-7-17-15(3)23-18(24-21(17)27)13-26(5)22(30)16-6-8-19(28)25(4)12-16/h6,8,12,14H,7,9-11,13H2,1-5H3. The van der Waals surface area contributed by atoms with Gasteiger partial charge in [0.1, 0.15) is 11.6 Å². The molecule has 0 aliphatic carbocycles. The number of hydrogen-bond donors (Lipinski definition) is 0. The Hall–Kier alpha value is -3.03. The molecule has 30 heavy (non-hydrogen) atoms. The van der Waals surface area contributed by atoms with Gasteiger partial charge >= 0.3 is 0 Å². The maximum atomic E-state index is 12.8. The molecular weight excluding hydrogens is 382 g/mol. The summed E-state index contributed by atoms with van der Waals surface area (Å²) in [5.41, 5.74) is 2.10. The SMILES string of the molecule is Cc1nc(CN(C)C(=O)c2ccc(=O)n(C)c2)nc2c1CCC(=O)N2CCC(C)C. The predicted octanol–water partition coefficient (Wildman–Crippen LogP) is 2.08. The van der Waals surface area contributed by atoms with Gasteiger partial charge in [0.05, 0.1) is 12.1 Å². The van der Waals surface area contributed by atoms with Crippen LogP contribution >= 0.6 is 0 Å². The molecule has 8 nitrogen and oxygen atoms in total. The van der Waals surface area contributed by atoms with Crippen molar-refractivity contribution in [3.63, 3.8) is 0 Å². The van der Waals surface area contributed by atoms with Crippen molar-refractivity contribution in [2.24, 2.45) is 13.0 Å². The molecule has 2 amide bonds. The van der Waals surface area contributed by atoms with Gasteiger partial charge in [0, 0.05) is 50.6 Å². The maximum Gasteiger partial charge on any atom is 0.255 e. The van der Waals surface area contributed by atoms with Crippen LogP contribution in [0.1, 0.15) is 54.1 Å². The lowest BCUT2D eigenvalue weighted by Crippen LogP contribution is -2.38. The molecule has 0 unspecified atom stereocenters. The number of nitrogens with zero attached hydrogens (tertiary/aromatic N) is 5. The molecule has 0 spiro atoms. The van der Waals surface area contributed by atoms with Crippen molar-refractivity contribution in [3.05, 3.63) is 51.3 Å². The molecule has 1 aliphatic rings. The van der Waals surface area contributed by atoms with E-state index in [9.17, 15) is 14.4 Å². The number of fused-ring (bicyclic) bond motifs is 1. The van der Waals surface area contributed by atoms with Crippen LogP contribution in [-0.2, 0) is 24.8 Å². The first-order valence-electron chi connectivity index (χ1n) is 10.3. The summed E-state index contributed by atoms with van der Waals surface area (Å²) in [7, 11) is 3.28. The van der Waals surface area contributed by atoms with E-state index in [1.54, 1.807) is 19.0 Å². The van der Waals surface area contributed by atoms with Gasteiger partial charge in [-0.1, -0.05) is 13.8 Å². The van der Waals surface area contributed by atoms with Crippen LogP contribution in [0.2, 0.25) is 0 Å². The summed E-state index contributed by atoms with van der Waals surface area (Å²) in [4.78, 5) is 49.4. The summed E-state index contributed by atoms with van der Waals surface area (Å²) in [5, 5.41) is 0. The molecule has 3 rings (SSSR count). The highest BCUT2D eigenvalue weighted by Crippen LogP contribution is 2.28. The highest BCUT2D eigenvalue weighted by molar-refractivity contribution is 5.95. The van der Waals surface area contributed by atoms with E-state index in [2.05, 4.69) is 23.8 Å². The predicted molar refractivity (Wildman–Crippen MR) is 114 cm³/mol. The summed E-state index contributed by atoms with van der Waals surface area (Å²) in [6.07, 6.45) is 3.53. The second kappa shape index (κ2) is 8.77. The van der Waals surface area contributed by atoms with E-state index in [4.69, 9.17) is 0 Å². The van der Waals surface area contributed by atoms with Crippen molar-refractivity contribution in [1.82, 2.24) is 19.4 Å². The zero-order valence-electron chi connectivity index (χ0n) is 18.3. The van der Waals surface area contributed by atoms with Gasteiger partial charge < -0.3 is 9.47 Å². The third-order valence-electron chi connectivity index (χ3n) is 5.37. The van der Waals surface area contributed by atoms with E-state index in [-0.39, 0.29) is 23.9 Å². The van der Waals surface area contributed by atoms with Crippen LogP contribution in [0.3, 0.4) is 0 Å². The molecule has 0 atom stereocenters. The molecule has 0 N–H and O–H groups in total. The highest BCUT2D eigenvalue weighted by atomic mass is 16.2. The second-order valence-electron chi connectivity index (χ2n) is 8.28. The third-order valence-corrected chi connectivity index (χ3v) is 5.37. The monoisotopic (exact) mass is 411 g/mol. The summed E-state index contributed by atoms with van der Waals surface area (Å²) in [6.45, 7) is 7.03. The Balaban J connectivity index is 1.85. The number of hydrogen-bond acceptors (Lipinski definition) is 5. The Morgan fingerprint density at radius 3 is 2.60 bits per heavy atom. The quantitative estimate of drug-likeness (QED) is 0.726. The van der Waals surface area contributed by atoms with Crippen LogP contribution in [0.4, 0.5) is 5.82 Å². The molecule has 0 saturated heterocycles. The number of anilines is 1. The molecule has 8 heteroatoms. The fourth-order valence-corrected chi connectivity index (χ4v) is 3.55. The van der Waals surface area contributed by atoms with Gasteiger partial charge in [0.25, 0.3) is 5.91 Å². The minimum absolute atomic E-state index is 0.0850. The summed E-state index contributed by atoms with van der Waals surface area (Å²) in [5.74, 6) is 1.52. The first-order chi connectivity index (χ1) is 14.2. The van der Waals surface area contributed by atoms with Gasteiger partial charge in [-0.05, 0) is 31.7 Å². The van der Waals surface area contributed by atoms with Crippen molar-refractivity contribution in [2.45, 2.75) is 46.6 Å². The van der Waals surface area contributed by atoms with E-state index >= 15 is 0 Å². The lowest BCUT2D eigenvalue weighted by atomic mass is 10.0. The van der Waals surface area contributed by atoms with Gasteiger partial charge in [-0.2, -0.15) is 0 Å². The molecule has 0 aromatic carbocycles. The first-order valence-corrected chi connectivity index (χ1v) is 10.3. The fraction of sp³-hybridized carbons (Fsp3) is 0.500. The normalized spacial score (nSPS) is 13.5. The molecule has 0 radical (unpaired) electrons. The summed E-state index contributed by atoms with van der Waals surface area (Å²) < 4.78 is 1.37. The lowest BCUT2D eigenvalue weighted by molar-refractivity contribution is -0.119. The van der Waals surface area contributed by atoms with Crippen molar-refractivity contribution in [1.29, 1.82) is 0 Å². The average molecular weight is 412 g/mol. The average Bonchev–Trinajstić information content (AvgIpc) is 2.68. The molecular formula is C22H29N5O3. The number of aromatic nitrogens is 3. The van der Waals surface area contributed by atoms with Crippen molar-refractivity contribution >= 4 is 17.6 Å². The van der Waals surface area contributed by atoms with Crippen LogP contribution in [0, 0.1) is 12.8 Å². The molecule has 1 aliphatic heterocycles. The van der Waals surface area contributed by atoms with E-state index in [1.807, 2.05) is 6.92 Å². The Morgan fingerprint density at radius 2 is 1.93 bits per heavy atom. The van der Waals surface area contributed by atoms with E-state index in [0.717, 1.165) is 17.7 Å². The van der Waals surface area contributed by atoms with E-state index in [0.29, 0.717) is 42.5 Å². The van der Waals surface area contributed by atoms with E-state index < -0.39 is 0 Å². The fourth-order valence-electron chi connectivity index (χ4n) is 3.55. The van der Waals surface area contributed by atoms with Gasteiger partial charge in [0.2, 0.25) is 11.5 Å². The van der Waals surface area contributed by atoms with Crippen LogP contribution in [-0.4, -0.2) is 44.8 Å². The van der Waals surface area contributed by atoms with Gasteiger partial charge in [-0.3, -0.25) is 19.3 Å². The number of carbonyl (C=O) groups excluding carboxylic acids is 2. The van der Waals surface area contributed by atoms with E-state index in [1.165, 1.54) is 27.8 Å². The van der Waals surface area contributed by atoms with Gasteiger partial charge in [0.15, 0.2) is 0 Å². The number of carbonyl (C=O) groups is 2. The maximum absolute atomic E-state index is 12.8. The minimum atomic E-state index is -0.225. The number of pyridine rings is 1. The Kier molecular flexibility index (Phi) is 6.34. The third kappa shape index (κ3) is 4.58. The summed E-state index contributed by atoms with van der Waals surface area (Å²) >= 11 is 0. The van der Waals surface area contributed by atoms with Crippen LogP contribution in [0.5, 0.6) is 0 Å². The number of rotatable bonds is 6. The Morgan fingerprint density at radius 1 is 1.20 bits per heavy atom. The lowest BCUT2D eigenvalue weighted by Gasteiger charge is -2.30. The molecule has 0 fully saturated rings. The van der Waals surface area contributed by atoms with Crippen LogP contribution in [0.25, 0.3) is 0 Å². The molecule has 160 valence electrons. The van der Waals surface area contributed by atoms with Crippen molar-refractivity contribution in [2.75, 3.05) is 18.5 Å². The van der Waals surface area contributed by atoms with Gasteiger partial charge in [-0.15, -0.1) is 0 Å². The summed E-state index contributed by atoms with van der Waals surface area (Å²) in [6, 6.07) is 2.89. The Labute approximate surface area is 176 Å². The van der Waals surface area contributed by atoms with Crippen LogP contribution in [0.15, 0.2) is 23.1 Å². The minimum Gasteiger partial charge on any atom is -0.334 e. The van der Waals surface area contributed by atoms with Crippen LogP contribution < -0.4 is 10.5 Å². The Bertz CT molecular complexity index is 1030. The molecule has 2 aromatic heterocycles. The van der Waals surface area contributed by atoms with Crippen molar-refractivity contribution < 1.29 is 9.59 Å². The molecule has 2 aromatic rings. The smallest absolute Gasteiger partial charge is 0.255 e. The molecule has 0 bridgehead atoms. The molecule has 3 heterocycles. The topological polar surface area (TPSA) is 88.4 Å². The number of amides is 2. The molecule has 0 saturated carbocycles.